The number of nitrogens with one attached hydrogen (secondary N) is 2. The molecule has 22 heavy (non-hydrogen) atoms. The van der Waals surface area contributed by atoms with Gasteiger partial charge in [0.2, 0.25) is 5.96 Å². The standard InChI is InChI=1S/C14H18N6O2/c1-19-11-12(20(2)14(19)21)17-13(16-11)18-15-8-9-6-4-5-7-10(9)22-3/h4-8,11-12H,1-3H3,(H2,16,17,18)/b15-8+. The Morgan fingerprint density at radius 3 is 2.86 bits per heavy atom. The molecule has 1 saturated heterocycles. The fourth-order valence-corrected chi connectivity index (χ4v) is 2.53. The number of guanidine groups is 1. The van der Waals surface area contributed by atoms with Crippen LogP contribution in [-0.2, 0) is 0 Å². The van der Waals surface area contributed by atoms with Gasteiger partial charge in [0.25, 0.3) is 0 Å². The molecule has 2 atom stereocenters. The molecule has 2 N–H and O–H groups in total. The van der Waals surface area contributed by atoms with E-state index in [1.54, 1.807) is 37.2 Å². The van der Waals surface area contributed by atoms with Crippen LogP contribution in [0.2, 0.25) is 0 Å². The monoisotopic (exact) mass is 302 g/mol. The number of amides is 2. The van der Waals surface area contributed by atoms with Gasteiger partial charge in [0, 0.05) is 19.7 Å². The predicted molar refractivity (Wildman–Crippen MR) is 82.8 cm³/mol. The molecule has 3 rings (SSSR count). The van der Waals surface area contributed by atoms with E-state index in [9.17, 15) is 4.79 Å². The molecule has 116 valence electrons. The molecule has 2 heterocycles. The Kier molecular flexibility index (Phi) is 3.58. The topological polar surface area (TPSA) is 81.6 Å². The second kappa shape index (κ2) is 5.55. The Hall–Kier alpha value is -2.77. The molecule has 0 radical (unpaired) electrons. The lowest BCUT2D eigenvalue weighted by Crippen LogP contribution is -2.45. The van der Waals surface area contributed by atoms with Crippen LogP contribution in [0.1, 0.15) is 5.56 Å². The van der Waals surface area contributed by atoms with Crippen molar-refractivity contribution in [2.45, 2.75) is 12.3 Å². The quantitative estimate of drug-likeness (QED) is 0.618. The normalized spacial score (nSPS) is 23.6. The van der Waals surface area contributed by atoms with Crippen LogP contribution in [0.5, 0.6) is 5.75 Å². The number of hydrogen-bond donors (Lipinski definition) is 2. The summed E-state index contributed by atoms with van der Waals surface area (Å²) < 4.78 is 5.25. The van der Waals surface area contributed by atoms with Crippen LogP contribution in [0.15, 0.2) is 34.4 Å². The summed E-state index contributed by atoms with van der Waals surface area (Å²) in [5.74, 6) is 1.28. The number of benzene rings is 1. The van der Waals surface area contributed by atoms with E-state index in [2.05, 4.69) is 20.8 Å². The summed E-state index contributed by atoms with van der Waals surface area (Å²) in [4.78, 5) is 19.4. The summed E-state index contributed by atoms with van der Waals surface area (Å²) in [5.41, 5.74) is 3.72. The van der Waals surface area contributed by atoms with Crippen molar-refractivity contribution < 1.29 is 9.53 Å². The first-order valence-corrected chi connectivity index (χ1v) is 6.88. The van der Waals surface area contributed by atoms with Crippen LogP contribution in [0.3, 0.4) is 0 Å². The lowest BCUT2D eigenvalue weighted by Gasteiger charge is -2.16. The highest BCUT2D eigenvalue weighted by Crippen LogP contribution is 2.22. The minimum absolute atomic E-state index is 0.0529. The summed E-state index contributed by atoms with van der Waals surface area (Å²) in [7, 11) is 5.09. The largest absolute Gasteiger partial charge is 0.496 e. The zero-order chi connectivity index (χ0) is 15.7. The number of rotatable bonds is 3. The third-order valence-electron chi connectivity index (χ3n) is 3.76. The number of urea groups is 1. The molecular formula is C14H18N6O2. The molecule has 2 aliphatic heterocycles. The highest BCUT2D eigenvalue weighted by Gasteiger charge is 2.45. The molecule has 0 spiro atoms. The third kappa shape index (κ3) is 2.32. The molecular weight excluding hydrogens is 284 g/mol. The zero-order valence-corrected chi connectivity index (χ0v) is 12.6. The first-order chi connectivity index (χ1) is 10.6. The summed E-state index contributed by atoms with van der Waals surface area (Å²) in [6.45, 7) is 0. The van der Waals surface area contributed by atoms with Gasteiger partial charge in [-0.1, -0.05) is 12.1 Å². The Bertz CT molecular complexity index is 644. The minimum atomic E-state index is -0.235. The Morgan fingerprint density at radius 1 is 1.36 bits per heavy atom. The van der Waals surface area contributed by atoms with Gasteiger partial charge in [-0.25, -0.2) is 15.2 Å². The molecule has 0 bridgehead atoms. The average molecular weight is 302 g/mol. The summed E-state index contributed by atoms with van der Waals surface area (Å²) in [6.07, 6.45) is 1.26. The molecule has 0 aromatic heterocycles. The number of ether oxygens (including phenoxy) is 1. The van der Waals surface area contributed by atoms with Crippen molar-refractivity contribution >= 4 is 18.2 Å². The first kappa shape index (κ1) is 14.2. The van der Waals surface area contributed by atoms with Gasteiger partial charge >= 0.3 is 6.03 Å². The number of methoxy groups -OCH3 is 1. The van der Waals surface area contributed by atoms with E-state index < -0.39 is 0 Å². The van der Waals surface area contributed by atoms with E-state index in [1.165, 1.54) is 0 Å². The summed E-state index contributed by atoms with van der Waals surface area (Å²) >= 11 is 0. The lowest BCUT2D eigenvalue weighted by atomic mass is 10.2. The molecule has 0 aliphatic carbocycles. The second-order valence-electron chi connectivity index (χ2n) is 5.10. The van der Waals surface area contributed by atoms with Crippen LogP contribution in [-0.4, -0.2) is 61.5 Å². The number of hydrazone groups is 1. The van der Waals surface area contributed by atoms with Crippen LogP contribution >= 0.6 is 0 Å². The van der Waals surface area contributed by atoms with E-state index in [0.717, 1.165) is 11.3 Å². The fraction of sp³-hybridized carbons (Fsp3) is 0.357. The maximum absolute atomic E-state index is 11.8. The van der Waals surface area contributed by atoms with Crippen molar-refractivity contribution in [1.29, 1.82) is 0 Å². The average Bonchev–Trinajstić information content (AvgIpc) is 3.04. The number of carbonyl (C=O) groups excluding carboxylic acids is 1. The molecule has 8 nitrogen and oxygen atoms in total. The Morgan fingerprint density at radius 2 is 2.14 bits per heavy atom. The maximum Gasteiger partial charge on any atom is 0.323 e. The van der Waals surface area contributed by atoms with Gasteiger partial charge in [0.15, 0.2) is 6.17 Å². The van der Waals surface area contributed by atoms with Crippen molar-refractivity contribution in [2.75, 3.05) is 21.2 Å². The van der Waals surface area contributed by atoms with Gasteiger partial charge in [0.1, 0.15) is 11.9 Å². The van der Waals surface area contributed by atoms with Gasteiger partial charge in [-0.2, -0.15) is 5.10 Å². The van der Waals surface area contributed by atoms with Gasteiger partial charge in [0.05, 0.1) is 13.3 Å². The number of hydrogen-bond acceptors (Lipinski definition) is 6. The first-order valence-electron chi connectivity index (χ1n) is 6.88. The molecule has 1 aromatic rings. The Labute approximate surface area is 128 Å². The van der Waals surface area contributed by atoms with Gasteiger partial charge < -0.3 is 19.9 Å². The van der Waals surface area contributed by atoms with E-state index in [4.69, 9.17) is 4.74 Å². The highest BCUT2D eigenvalue weighted by atomic mass is 16.5. The number of nitrogens with zero attached hydrogens (tertiary/aromatic N) is 4. The van der Waals surface area contributed by atoms with Gasteiger partial charge in [-0.3, -0.25) is 0 Å². The van der Waals surface area contributed by atoms with E-state index in [1.807, 2.05) is 24.3 Å². The number of aliphatic imine (C=N–C) groups is 1. The summed E-state index contributed by atoms with van der Waals surface area (Å²) in [5, 5.41) is 7.29. The lowest BCUT2D eigenvalue weighted by molar-refractivity contribution is 0.198. The molecule has 1 aromatic carbocycles. The molecule has 1 fully saturated rings. The van der Waals surface area contributed by atoms with Gasteiger partial charge in [-0.15, -0.1) is 0 Å². The molecule has 2 amide bonds. The molecule has 2 unspecified atom stereocenters. The smallest absolute Gasteiger partial charge is 0.323 e. The van der Waals surface area contributed by atoms with Crippen molar-refractivity contribution in [2.24, 2.45) is 10.1 Å². The van der Waals surface area contributed by atoms with Crippen LogP contribution < -0.4 is 15.5 Å². The SMILES string of the molecule is COc1ccccc1/C=N/NC1=NC2C(N1)N(C)C(=O)N2C. The number of likely N-dealkylation sites (N-methyl/N-ethyl adjacent to an activating group) is 2. The predicted octanol–water partition coefficient (Wildman–Crippen LogP) is 0.227. The zero-order valence-electron chi connectivity index (χ0n) is 12.6. The molecule has 8 heteroatoms. The van der Waals surface area contributed by atoms with Crippen molar-refractivity contribution in [3.05, 3.63) is 29.8 Å². The summed E-state index contributed by atoms with van der Waals surface area (Å²) in [6, 6.07) is 7.53. The van der Waals surface area contributed by atoms with E-state index in [-0.39, 0.29) is 18.4 Å². The number of para-hydroxylation sites is 1. The number of fused-ring (bicyclic) bond motifs is 1. The van der Waals surface area contributed by atoms with E-state index in [0.29, 0.717) is 5.96 Å². The maximum atomic E-state index is 11.8. The fourth-order valence-electron chi connectivity index (χ4n) is 2.53. The van der Waals surface area contributed by atoms with E-state index >= 15 is 0 Å². The van der Waals surface area contributed by atoms with Crippen molar-refractivity contribution in [1.82, 2.24) is 20.5 Å². The minimum Gasteiger partial charge on any atom is -0.496 e. The van der Waals surface area contributed by atoms with Gasteiger partial charge in [-0.05, 0) is 12.1 Å². The third-order valence-corrected chi connectivity index (χ3v) is 3.76. The molecule has 0 saturated carbocycles. The van der Waals surface area contributed by atoms with Crippen molar-refractivity contribution in [3.8, 4) is 5.75 Å². The second-order valence-corrected chi connectivity index (χ2v) is 5.10. The highest BCUT2D eigenvalue weighted by molar-refractivity contribution is 5.88. The van der Waals surface area contributed by atoms with Crippen LogP contribution in [0, 0.1) is 0 Å². The van der Waals surface area contributed by atoms with Crippen LogP contribution in [0.4, 0.5) is 4.79 Å². The molecule has 2 aliphatic rings. The van der Waals surface area contributed by atoms with Crippen molar-refractivity contribution in [3.63, 3.8) is 0 Å². The van der Waals surface area contributed by atoms with Crippen LogP contribution in [0.25, 0.3) is 0 Å². The number of carbonyl (C=O) groups is 1. The Balaban J connectivity index is 1.66.